The molecule has 4 aliphatic rings. The zero-order valence-corrected chi connectivity index (χ0v) is 29.0. The van der Waals surface area contributed by atoms with E-state index in [0.717, 1.165) is 23.6 Å². The van der Waals surface area contributed by atoms with E-state index >= 15 is 0 Å². The molecular formula is C31H55Cl2N2OPRu. The first-order valence-electron chi connectivity index (χ1n) is 15.7. The molecule has 0 spiro atoms. The van der Waals surface area contributed by atoms with Crippen LogP contribution in [0.1, 0.15) is 125 Å². The van der Waals surface area contributed by atoms with E-state index in [2.05, 4.69) is 50.7 Å². The Balaban J connectivity index is 0.00000127. The Hall–Kier alpha value is 0.513. The van der Waals surface area contributed by atoms with Crippen LogP contribution in [-0.2, 0) is 19.9 Å². The summed E-state index contributed by atoms with van der Waals surface area (Å²) in [5, 5.41) is 0. The Labute approximate surface area is 252 Å². The standard InChI is InChI=1S/C31H55N2OP.2ClH.Ru/c1-6-34-23-29-28(31-32(24(2)3)21-14-22-33(31)25(4)5)19-13-20-30(29)35(26-15-9-7-10-16-26)27-17-11-8-12-18-27;;;/h23-27,30H,6-22H2,1-5H3;2*1H;/q;;;+2/p-2. The molecule has 1 unspecified atom stereocenters. The van der Waals surface area contributed by atoms with Crippen LogP contribution in [0, 0.1) is 0 Å². The van der Waals surface area contributed by atoms with E-state index in [0.29, 0.717) is 12.1 Å². The van der Waals surface area contributed by atoms with Crippen molar-refractivity contribution in [2.75, 3.05) is 19.7 Å². The summed E-state index contributed by atoms with van der Waals surface area (Å²) in [5.41, 5.74) is 6.04. The summed E-state index contributed by atoms with van der Waals surface area (Å²) in [4.78, 5) is 5.48. The molecule has 222 valence electrons. The van der Waals surface area contributed by atoms with Crippen LogP contribution in [0.25, 0.3) is 0 Å². The van der Waals surface area contributed by atoms with Crippen molar-refractivity contribution >= 4 is 27.3 Å². The van der Waals surface area contributed by atoms with Crippen LogP contribution in [-0.4, -0.2) is 58.6 Å². The van der Waals surface area contributed by atoms with Gasteiger partial charge in [0.25, 0.3) is 0 Å². The molecule has 4 rings (SSSR count). The van der Waals surface area contributed by atoms with Gasteiger partial charge in [-0.1, -0.05) is 46.4 Å². The molecule has 1 aliphatic heterocycles. The predicted molar refractivity (Wildman–Crippen MR) is 165 cm³/mol. The Morgan fingerprint density at radius 1 is 0.816 bits per heavy atom. The van der Waals surface area contributed by atoms with E-state index in [1.165, 1.54) is 103 Å². The fourth-order valence-electron chi connectivity index (χ4n) is 7.55. The average Bonchev–Trinajstić information content (AvgIpc) is 2.93. The molecule has 0 aromatic heterocycles. The van der Waals surface area contributed by atoms with Crippen molar-refractivity contribution in [3.05, 3.63) is 23.2 Å². The van der Waals surface area contributed by atoms with Gasteiger partial charge in [0, 0.05) is 36.4 Å². The summed E-state index contributed by atoms with van der Waals surface area (Å²) in [6.45, 7) is 14.9. The number of ether oxygens (including phenoxy) is 1. The molecule has 1 atom stereocenters. The molecule has 3 saturated carbocycles. The minimum atomic E-state index is -0.346. The van der Waals surface area contributed by atoms with Crippen molar-refractivity contribution in [1.29, 1.82) is 0 Å². The van der Waals surface area contributed by atoms with Crippen LogP contribution in [0.4, 0.5) is 0 Å². The third kappa shape index (κ3) is 8.76. The SMILES string of the molecule is CCOC=C1C(=C2N(C(C)C)CCCN2C(C)C)CCCC1P(C1CCCCC1)C1CCCCC1.[Cl][Ru][Cl]. The predicted octanol–water partition coefficient (Wildman–Crippen LogP) is 10.0. The zero-order chi connectivity index (χ0) is 27.5. The molecule has 4 fully saturated rings. The van der Waals surface area contributed by atoms with Crippen LogP contribution < -0.4 is 0 Å². The second-order valence-corrected chi connectivity index (χ2v) is 17.9. The van der Waals surface area contributed by atoms with Crippen LogP contribution >= 0.6 is 27.3 Å². The van der Waals surface area contributed by atoms with E-state index in [1.54, 1.807) is 17.0 Å². The Bertz CT molecular complexity index is 714. The van der Waals surface area contributed by atoms with Gasteiger partial charge in [0.15, 0.2) is 0 Å². The molecule has 1 heterocycles. The van der Waals surface area contributed by atoms with Gasteiger partial charge < -0.3 is 14.5 Å². The van der Waals surface area contributed by atoms with E-state index in [9.17, 15) is 0 Å². The van der Waals surface area contributed by atoms with Gasteiger partial charge in [-0.3, -0.25) is 0 Å². The van der Waals surface area contributed by atoms with Crippen molar-refractivity contribution in [2.24, 2.45) is 0 Å². The van der Waals surface area contributed by atoms with Crippen LogP contribution in [0.5, 0.6) is 0 Å². The first kappa shape index (κ1) is 33.0. The molecule has 1 saturated heterocycles. The summed E-state index contributed by atoms with van der Waals surface area (Å²) in [7, 11) is 9.71. The topological polar surface area (TPSA) is 15.7 Å². The molecule has 0 bridgehead atoms. The zero-order valence-electron chi connectivity index (χ0n) is 24.8. The number of halogens is 2. The number of hydrogen-bond acceptors (Lipinski definition) is 3. The number of nitrogens with zero attached hydrogens (tertiary/aromatic N) is 2. The number of rotatable bonds is 7. The fourth-order valence-corrected chi connectivity index (χ4v) is 12.1. The number of allylic oxidation sites excluding steroid dienone is 2. The second-order valence-electron chi connectivity index (χ2n) is 12.2. The normalized spacial score (nSPS) is 25.5. The van der Waals surface area contributed by atoms with Crippen molar-refractivity contribution < 1.29 is 19.9 Å². The number of hydrogen-bond donors (Lipinski definition) is 0. The summed E-state index contributed by atoms with van der Waals surface area (Å²) in [6.07, 6.45) is 22.4. The molecule has 3 nitrogen and oxygen atoms in total. The van der Waals surface area contributed by atoms with Gasteiger partial charge in [-0.05, 0) is 103 Å². The van der Waals surface area contributed by atoms with Crippen molar-refractivity contribution in [2.45, 2.75) is 154 Å². The van der Waals surface area contributed by atoms with Crippen molar-refractivity contribution in [3.8, 4) is 0 Å². The second kappa shape index (κ2) is 17.5. The molecule has 0 amide bonds. The maximum atomic E-state index is 6.22. The van der Waals surface area contributed by atoms with Gasteiger partial charge in [0.2, 0.25) is 0 Å². The third-order valence-corrected chi connectivity index (χ3v) is 13.2. The molecule has 38 heavy (non-hydrogen) atoms. The van der Waals surface area contributed by atoms with E-state index < -0.39 is 0 Å². The van der Waals surface area contributed by atoms with Gasteiger partial charge >= 0.3 is 34.5 Å². The first-order valence-corrected chi connectivity index (χ1v) is 21.7. The summed E-state index contributed by atoms with van der Waals surface area (Å²) < 4.78 is 6.22. The molecule has 0 aromatic carbocycles. The van der Waals surface area contributed by atoms with Gasteiger partial charge in [-0.15, -0.1) is 0 Å². The first-order chi connectivity index (χ1) is 18.4. The minimum absolute atomic E-state index is 0.00264. The van der Waals surface area contributed by atoms with Crippen LogP contribution in [0.15, 0.2) is 23.2 Å². The summed E-state index contributed by atoms with van der Waals surface area (Å²) in [6, 6.07) is 1.09. The summed E-state index contributed by atoms with van der Waals surface area (Å²) in [5.74, 6) is 1.57. The Kier molecular flexibility index (Phi) is 15.2. The van der Waals surface area contributed by atoms with Gasteiger partial charge in [0.1, 0.15) is 5.82 Å². The fraction of sp³-hybridized carbons (Fsp3) is 0.871. The molecule has 7 heteroatoms. The van der Waals surface area contributed by atoms with E-state index in [4.69, 9.17) is 24.1 Å². The molecule has 0 radical (unpaired) electrons. The van der Waals surface area contributed by atoms with Crippen molar-refractivity contribution in [1.82, 2.24) is 9.80 Å². The maximum absolute atomic E-state index is 6.22. The van der Waals surface area contributed by atoms with Crippen molar-refractivity contribution in [3.63, 3.8) is 0 Å². The molecule has 0 aromatic rings. The van der Waals surface area contributed by atoms with E-state index in [-0.39, 0.29) is 23.1 Å². The van der Waals surface area contributed by atoms with Crippen LogP contribution in [0.2, 0.25) is 0 Å². The van der Waals surface area contributed by atoms with Gasteiger partial charge in [0.05, 0.1) is 12.9 Å². The monoisotopic (exact) mass is 674 g/mol. The van der Waals surface area contributed by atoms with Gasteiger partial charge in [-0.25, -0.2) is 0 Å². The Morgan fingerprint density at radius 3 is 1.76 bits per heavy atom. The van der Waals surface area contributed by atoms with Gasteiger partial charge in [-0.2, -0.15) is 0 Å². The average molecular weight is 675 g/mol. The van der Waals surface area contributed by atoms with Crippen LogP contribution in [0.3, 0.4) is 0 Å². The van der Waals surface area contributed by atoms with E-state index in [1.807, 2.05) is 0 Å². The quantitative estimate of drug-likeness (QED) is 0.152. The molecular weight excluding hydrogens is 619 g/mol. The Morgan fingerprint density at radius 2 is 1.32 bits per heavy atom. The summed E-state index contributed by atoms with van der Waals surface area (Å²) >= 11 is -0.346. The molecule has 0 N–H and O–H groups in total. The third-order valence-electron chi connectivity index (χ3n) is 9.20. The molecule has 3 aliphatic carbocycles.